The van der Waals surface area contributed by atoms with Crippen LogP contribution in [0.5, 0.6) is 0 Å². The molecule has 1 unspecified atom stereocenters. The Morgan fingerprint density at radius 1 is 1.41 bits per heavy atom. The Morgan fingerprint density at radius 2 is 2.06 bits per heavy atom. The molecule has 0 radical (unpaired) electrons. The zero-order valence-corrected chi connectivity index (χ0v) is 9.99. The average Bonchev–Trinajstić information content (AvgIpc) is 2.30. The molecule has 0 saturated heterocycles. The lowest BCUT2D eigenvalue weighted by Gasteiger charge is -2.11. The van der Waals surface area contributed by atoms with Crippen molar-refractivity contribution in [2.45, 2.75) is 32.2 Å². The van der Waals surface area contributed by atoms with E-state index in [9.17, 15) is 9.18 Å². The molecule has 0 aliphatic heterocycles. The van der Waals surface area contributed by atoms with Crippen LogP contribution in [0.3, 0.4) is 0 Å². The van der Waals surface area contributed by atoms with Gasteiger partial charge in [0.25, 0.3) is 0 Å². The first-order valence-corrected chi connectivity index (χ1v) is 5.77. The van der Waals surface area contributed by atoms with Gasteiger partial charge in [-0.25, -0.2) is 4.39 Å². The predicted molar refractivity (Wildman–Crippen MR) is 63.9 cm³/mol. The number of nitrogens with two attached hydrogens (primary N) is 1. The van der Waals surface area contributed by atoms with E-state index in [1.54, 1.807) is 19.1 Å². The molecule has 0 spiro atoms. The Labute approximate surface area is 101 Å². The number of benzene rings is 1. The molecule has 0 saturated carbocycles. The monoisotopic (exact) mass is 239 g/mol. The molecule has 0 aromatic heterocycles. The molecule has 0 aliphatic rings. The Morgan fingerprint density at radius 3 is 2.65 bits per heavy atom. The first-order valence-electron chi connectivity index (χ1n) is 5.77. The molecule has 94 valence electrons. The molecule has 0 fully saturated rings. The van der Waals surface area contributed by atoms with Crippen LogP contribution < -0.4 is 5.73 Å². The lowest BCUT2D eigenvalue weighted by molar-refractivity contribution is -0.143. The zero-order valence-electron chi connectivity index (χ0n) is 9.99. The van der Waals surface area contributed by atoms with Gasteiger partial charge in [0, 0.05) is 12.5 Å². The highest BCUT2D eigenvalue weighted by atomic mass is 19.1. The SMILES string of the molecule is CCOC(=O)CCC(N)Cc1ccc(F)cc1. The van der Waals surface area contributed by atoms with Crippen molar-refractivity contribution in [3.63, 3.8) is 0 Å². The minimum atomic E-state index is -0.256. The van der Waals surface area contributed by atoms with Crippen molar-refractivity contribution in [2.24, 2.45) is 5.73 Å². The number of halogens is 1. The molecule has 0 aliphatic carbocycles. The molecule has 17 heavy (non-hydrogen) atoms. The molecule has 1 atom stereocenters. The summed E-state index contributed by atoms with van der Waals surface area (Å²) in [7, 11) is 0. The van der Waals surface area contributed by atoms with E-state index in [0.717, 1.165) is 5.56 Å². The number of ether oxygens (including phenoxy) is 1. The van der Waals surface area contributed by atoms with Crippen molar-refractivity contribution >= 4 is 5.97 Å². The maximum atomic E-state index is 12.7. The maximum Gasteiger partial charge on any atom is 0.305 e. The zero-order chi connectivity index (χ0) is 12.7. The lowest BCUT2D eigenvalue weighted by Crippen LogP contribution is -2.24. The summed E-state index contributed by atoms with van der Waals surface area (Å²) in [6.07, 6.45) is 1.55. The van der Waals surface area contributed by atoms with Crippen molar-refractivity contribution in [1.82, 2.24) is 0 Å². The highest BCUT2D eigenvalue weighted by Gasteiger charge is 2.08. The lowest BCUT2D eigenvalue weighted by atomic mass is 10.0. The van der Waals surface area contributed by atoms with Gasteiger partial charge in [-0.3, -0.25) is 4.79 Å². The maximum absolute atomic E-state index is 12.7. The molecule has 4 heteroatoms. The topological polar surface area (TPSA) is 52.3 Å². The molecule has 1 aromatic carbocycles. The minimum Gasteiger partial charge on any atom is -0.466 e. The summed E-state index contributed by atoms with van der Waals surface area (Å²) < 4.78 is 17.5. The van der Waals surface area contributed by atoms with Crippen molar-refractivity contribution in [2.75, 3.05) is 6.61 Å². The van der Waals surface area contributed by atoms with Gasteiger partial charge in [0.2, 0.25) is 0 Å². The summed E-state index contributed by atoms with van der Waals surface area (Å²) in [5, 5.41) is 0. The third kappa shape index (κ3) is 5.45. The van der Waals surface area contributed by atoms with Gasteiger partial charge >= 0.3 is 5.97 Å². The largest absolute Gasteiger partial charge is 0.466 e. The van der Waals surface area contributed by atoms with Crippen LogP contribution in [0.25, 0.3) is 0 Å². The molecule has 3 nitrogen and oxygen atoms in total. The molecule has 0 heterocycles. The van der Waals surface area contributed by atoms with E-state index in [-0.39, 0.29) is 17.8 Å². The van der Waals surface area contributed by atoms with Crippen molar-refractivity contribution in [3.05, 3.63) is 35.6 Å². The molecule has 2 N–H and O–H groups in total. The van der Waals surface area contributed by atoms with Crippen LogP contribution in [-0.2, 0) is 16.0 Å². The first kappa shape index (κ1) is 13.6. The second-order valence-corrected chi connectivity index (χ2v) is 3.93. The fourth-order valence-electron chi connectivity index (χ4n) is 1.56. The van der Waals surface area contributed by atoms with Gasteiger partial charge in [0.15, 0.2) is 0 Å². The normalized spacial score (nSPS) is 12.2. The summed E-state index contributed by atoms with van der Waals surface area (Å²) in [6, 6.07) is 6.13. The highest BCUT2D eigenvalue weighted by molar-refractivity contribution is 5.69. The quantitative estimate of drug-likeness (QED) is 0.773. The molecule has 0 bridgehead atoms. The van der Waals surface area contributed by atoms with Crippen LogP contribution in [-0.4, -0.2) is 18.6 Å². The second kappa shape index (κ2) is 7.01. The van der Waals surface area contributed by atoms with Crippen LogP contribution in [0, 0.1) is 5.82 Å². The Kier molecular flexibility index (Phi) is 5.63. The van der Waals surface area contributed by atoms with Gasteiger partial charge in [-0.1, -0.05) is 12.1 Å². The molecule has 0 amide bonds. The summed E-state index contributed by atoms with van der Waals surface area (Å²) in [6.45, 7) is 2.17. The predicted octanol–water partition coefficient (Wildman–Crippen LogP) is 2.04. The number of rotatable bonds is 6. The van der Waals surface area contributed by atoms with Crippen molar-refractivity contribution in [3.8, 4) is 0 Å². The smallest absolute Gasteiger partial charge is 0.305 e. The van der Waals surface area contributed by atoms with Gasteiger partial charge in [-0.05, 0) is 37.5 Å². The van der Waals surface area contributed by atoms with E-state index in [1.807, 2.05) is 0 Å². The van der Waals surface area contributed by atoms with Crippen molar-refractivity contribution in [1.29, 1.82) is 0 Å². The number of carbonyl (C=O) groups excluding carboxylic acids is 1. The Balaban J connectivity index is 2.31. The highest BCUT2D eigenvalue weighted by Crippen LogP contribution is 2.08. The van der Waals surface area contributed by atoms with Gasteiger partial charge in [-0.2, -0.15) is 0 Å². The Bertz CT molecular complexity index is 351. The molecule has 1 rings (SSSR count). The standard InChI is InChI=1S/C13H18FNO2/c1-2-17-13(16)8-7-12(15)9-10-3-5-11(14)6-4-10/h3-6,12H,2,7-9,15H2,1H3. The van der Waals surface area contributed by atoms with Crippen LogP contribution in [0.4, 0.5) is 4.39 Å². The molecular weight excluding hydrogens is 221 g/mol. The fourth-order valence-corrected chi connectivity index (χ4v) is 1.56. The average molecular weight is 239 g/mol. The number of carbonyl (C=O) groups is 1. The van der Waals surface area contributed by atoms with Gasteiger partial charge in [0.1, 0.15) is 5.82 Å². The van der Waals surface area contributed by atoms with E-state index in [2.05, 4.69) is 0 Å². The van der Waals surface area contributed by atoms with Crippen LogP contribution >= 0.6 is 0 Å². The van der Waals surface area contributed by atoms with Gasteiger partial charge in [-0.15, -0.1) is 0 Å². The molecule has 1 aromatic rings. The second-order valence-electron chi connectivity index (χ2n) is 3.93. The van der Waals surface area contributed by atoms with E-state index < -0.39 is 0 Å². The summed E-state index contributed by atoms with van der Waals surface area (Å²) in [4.78, 5) is 11.1. The van der Waals surface area contributed by atoms with E-state index in [4.69, 9.17) is 10.5 Å². The number of esters is 1. The van der Waals surface area contributed by atoms with Gasteiger partial charge in [0.05, 0.1) is 6.61 Å². The summed E-state index contributed by atoms with van der Waals surface area (Å²) in [5.41, 5.74) is 6.86. The first-order chi connectivity index (χ1) is 8.11. The van der Waals surface area contributed by atoms with Crippen LogP contribution in [0.1, 0.15) is 25.3 Å². The summed E-state index contributed by atoms with van der Waals surface area (Å²) >= 11 is 0. The molecular formula is C13H18FNO2. The van der Waals surface area contributed by atoms with Crippen molar-refractivity contribution < 1.29 is 13.9 Å². The summed E-state index contributed by atoms with van der Waals surface area (Å²) in [5.74, 6) is -0.476. The van der Waals surface area contributed by atoms with E-state index in [0.29, 0.717) is 25.9 Å². The van der Waals surface area contributed by atoms with Gasteiger partial charge < -0.3 is 10.5 Å². The third-order valence-electron chi connectivity index (χ3n) is 2.44. The third-order valence-corrected chi connectivity index (χ3v) is 2.44. The fraction of sp³-hybridized carbons (Fsp3) is 0.462. The minimum absolute atomic E-state index is 0.107. The van der Waals surface area contributed by atoms with Crippen LogP contribution in [0.2, 0.25) is 0 Å². The van der Waals surface area contributed by atoms with E-state index >= 15 is 0 Å². The van der Waals surface area contributed by atoms with Crippen LogP contribution in [0.15, 0.2) is 24.3 Å². The number of hydrogen-bond acceptors (Lipinski definition) is 3. The van der Waals surface area contributed by atoms with E-state index in [1.165, 1.54) is 12.1 Å². The number of hydrogen-bond donors (Lipinski definition) is 1. The Hall–Kier alpha value is -1.42.